The molecule has 4 heterocycles. The molecule has 0 aromatic heterocycles. The summed E-state index contributed by atoms with van der Waals surface area (Å²) in [5.41, 5.74) is -5.36. The van der Waals surface area contributed by atoms with E-state index in [9.17, 15) is 39.9 Å². The Hall–Kier alpha value is -1.91. The number of ketones is 1. The molecule has 4 aliphatic rings. The predicted octanol–water partition coefficient (Wildman–Crippen LogP) is 2.15. The summed E-state index contributed by atoms with van der Waals surface area (Å²) in [7, 11) is 7.38. The molecule has 5 N–H and O–H groups in total. The fourth-order valence-electron chi connectivity index (χ4n) is 10.6. The maximum absolute atomic E-state index is 14.6. The zero-order valence-corrected chi connectivity index (χ0v) is 41.1. The van der Waals surface area contributed by atoms with Crippen molar-refractivity contribution in [2.45, 2.75) is 224 Å². The van der Waals surface area contributed by atoms with Gasteiger partial charge in [0.25, 0.3) is 0 Å². The Balaban J connectivity index is 1.98. The molecule has 22 unspecified atom stereocenters. The van der Waals surface area contributed by atoms with Crippen LogP contribution in [0.4, 0.5) is 0 Å². The molecule has 372 valence electrons. The monoisotopic (exact) mass is 919 g/mol. The van der Waals surface area contributed by atoms with Gasteiger partial charge < -0.3 is 73.2 Å². The molecule has 18 heteroatoms. The number of nitrogens with zero attached hydrogens (tertiary/aromatic N) is 2. The largest absolute Gasteiger partial charge is 0.459 e. The Bertz CT molecular complexity index is 1560. The molecule has 22 atom stereocenters. The summed E-state index contributed by atoms with van der Waals surface area (Å²) in [5, 5.41) is 59.1. The Morgan fingerprint density at radius 1 is 0.766 bits per heavy atom. The van der Waals surface area contributed by atoms with Crippen LogP contribution >= 0.6 is 0 Å². The Morgan fingerprint density at radius 2 is 1.30 bits per heavy atom. The van der Waals surface area contributed by atoms with Crippen molar-refractivity contribution < 1.29 is 77.8 Å². The summed E-state index contributed by atoms with van der Waals surface area (Å²) in [4.78, 5) is 44.9. The van der Waals surface area contributed by atoms with Gasteiger partial charge in [-0.05, 0) is 102 Å². The molecule has 0 spiro atoms. The highest BCUT2D eigenvalue weighted by Gasteiger charge is 2.56. The molecular weight excluding hydrogens is 837 g/mol. The quantitative estimate of drug-likeness (QED) is 0.198. The van der Waals surface area contributed by atoms with Crippen LogP contribution in [-0.2, 0) is 52.3 Å². The first-order valence-electron chi connectivity index (χ1n) is 23.2. The van der Waals surface area contributed by atoms with Crippen LogP contribution in [0.25, 0.3) is 0 Å². The minimum Gasteiger partial charge on any atom is -0.459 e. The minimum atomic E-state index is -2.08. The van der Waals surface area contributed by atoms with Crippen molar-refractivity contribution in [2.24, 2.45) is 23.7 Å². The second-order valence-electron chi connectivity index (χ2n) is 20.5. The number of hydrogen-bond acceptors (Lipinski definition) is 18. The molecule has 0 saturated carbocycles. The fraction of sp³-hybridized carbons (Fsp3) is 0.935. The number of cyclic esters (lactones) is 1. The van der Waals surface area contributed by atoms with Gasteiger partial charge in [-0.2, -0.15) is 0 Å². The lowest BCUT2D eigenvalue weighted by atomic mass is 9.73. The van der Waals surface area contributed by atoms with Crippen molar-refractivity contribution >= 4 is 17.7 Å². The van der Waals surface area contributed by atoms with E-state index < -0.39 is 132 Å². The van der Waals surface area contributed by atoms with Crippen LogP contribution in [-0.4, -0.2) is 190 Å². The molecule has 18 nitrogen and oxygen atoms in total. The number of aliphatic hydroxyl groups excluding tert-OH is 3. The molecule has 0 aromatic carbocycles. The number of hydrogen-bond donors (Lipinski definition) is 5. The van der Waals surface area contributed by atoms with E-state index in [1.807, 2.05) is 51.8 Å². The van der Waals surface area contributed by atoms with Crippen molar-refractivity contribution in [1.29, 1.82) is 0 Å². The molecule has 0 bridgehead atoms. The average molecular weight is 919 g/mol. The van der Waals surface area contributed by atoms with E-state index in [1.54, 1.807) is 41.5 Å². The number of aliphatic hydroxyl groups is 5. The lowest BCUT2D eigenvalue weighted by Crippen LogP contribution is -2.63. The number of rotatable bonds is 10. The summed E-state index contributed by atoms with van der Waals surface area (Å²) < 4.78 is 51.4. The minimum absolute atomic E-state index is 0.0829. The van der Waals surface area contributed by atoms with Gasteiger partial charge in [0.2, 0.25) is 0 Å². The van der Waals surface area contributed by atoms with Crippen LogP contribution in [0.15, 0.2) is 0 Å². The lowest BCUT2D eigenvalue weighted by molar-refractivity contribution is -0.347. The van der Waals surface area contributed by atoms with E-state index in [1.165, 1.54) is 27.7 Å². The summed E-state index contributed by atoms with van der Waals surface area (Å²) in [6, 6.07) is -0.784. The van der Waals surface area contributed by atoms with Gasteiger partial charge in [-0.15, -0.1) is 0 Å². The number of Topliss-reactive ketones (excluding diaryl/α,β-unsaturated/α-hetero) is 1. The van der Waals surface area contributed by atoms with E-state index >= 15 is 0 Å². The molecule has 0 aromatic rings. The number of likely N-dealkylation sites (N-methyl/N-ethyl adjacent to an activating group) is 2. The first-order chi connectivity index (χ1) is 29.5. The normalized spacial score (nSPS) is 48.1. The maximum Gasteiger partial charge on any atom is 0.311 e. The van der Waals surface area contributed by atoms with Crippen LogP contribution in [0.2, 0.25) is 0 Å². The third kappa shape index (κ3) is 12.2. The maximum atomic E-state index is 14.6. The molecular formula is C46H82N2O16. The van der Waals surface area contributed by atoms with Crippen LogP contribution < -0.4 is 0 Å². The van der Waals surface area contributed by atoms with Gasteiger partial charge in [0.05, 0.1) is 48.1 Å². The summed E-state index contributed by atoms with van der Waals surface area (Å²) in [6.07, 6.45) is -13.4. The number of carbonyl (C=O) groups is 3. The number of carbonyl (C=O) groups excluding carboxylic acids is 3. The van der Waals surface area contributed by atoms with Crippen LogP contribution in [0.3, 0.4) is 0 Å². The van der Waals surface area contributed by atoms with Gasteiger partial charge in [0, 0.05) is 43.2 Å². The molecule has 64 heavy (non-hydrogen) atoms. The third-order valence-corrected chi connectivity index (χ3v) is 14.3. The number of ether oxygens (including phenoxy) is 8. The molecule has 4 saturated heterocycles. The zero-order chi connectivity index (χ0) is 48.5. The summed E-state index contributed by atoms with van der Waals surface area (Å²) in [6.45, 7) is 19.4. The van der Waals surface area contributed by atoms with E-state index in [0.29, 0.717) is 12.8 Å². The van der Waals surface area contributed by atoms with Crippen LogP contribution in [0.1, 0.15) is 115 Å². The highest BCUT2D eigenvalue weighted by molar-refractivity contribution is 5.83. The Kier molecular flexibility index (Phi) is 18.4. The van der Waals surface area contributed by atoms with Crippen molar-refractivity contribution in [2.75, 3.05) is 28.2 Å². The molecule has 4 aliphatic heterocycles. The first kappa shape index (κ1) is 54.7. The van der Waals surface area contributed by atoms with Crippen molar-refractivity contribution in [1.82, 2.24) is 9.80 Å². The Labute approximate surface area is 380 Å². The van der Waals surface area contributed by atoms with Crippen molar-refractivity contribution in [3.8, 4) is 0 Å². The second-order valence-corrected chi connectivity index (χ2v) is 20.5. The topological polar surface area (TPSA) is 233 Å². The van der Waals surface area contributed by atoms with E-state index in [-0.39, 0.29) is 37.5 Å². The molecule has 0 radical (unpaired) electrons. The van der Waals surface area contributed by atoms with E-state index in [4.69, 9.17) is 37.9 Å². The van der Waals surface area contributed by atoms with Crippen LogP contribution in [0.5, 0.6) is 0 Å². The second kappa shape index (κ2) is 21.6. The van der Waals surface area contributed by atoms with Crippen LogP contribution in [0, 0.1) is 23.7 Å². The smallest absolute Gasteiger partial charge is 0.311 e. The third-order valence-electron chi connectivity index (χ3n) is 14.3. The lowest BCUT2D eigenvalue weighted by Gasteiger charge is -2.51. The Morgan fingerprint density at radius 3 is 1.80 bits per heavy atom. The van der Waals surface area contributed by atoms with Crippen molar-refractivity contribution in [3.05, 3.63) is 0 Å². The summed E-state index contributed by atoms with van der Waals surface area (Å²) in [5.74, 6) is -6.03. The molecule has 0 aliphatic carbocycles. The first-order valence-corrected chi connectivity index (χ1v) is 23.2. The predicted molar refractivity (Wildman–Crippen MR) is 232 cm³/mol. The number of esters is 2. The van der Waals surface area contributed by atoms with E-state index in [0.717, 1.165) is 0 Å². The van der Waals surface area contributed by atoms with Gasteiger partial charge in [-0.3, -0.25) is 14.4 Å². The van der Waals surface area contributed by atoms with Crippen molar-refractivity contribution in [3.63, 3.8) is 0 Å². The fourth-order valence-corrected chi connectivity index (χ4v) is 10.6. The zero-order valence-electron chi connectivity index (χ0n) is 41.1. The molecule has 0 amide bonds. The highest BCUT2D eigenvalue weighted by atomic mass is 16.7. The van der Waals surface area contributed by atoms with Gasteiger partial charge in [0.15, 0.2) is 25.0 Å². The SMILES string of the molecule is CCC1OC(=O)C(C)C(OC2CC(C)(O)C(OC(C)=O)C(C)O2)C(C)C(OC2OC(C)CC(N(C)C)C2O)C(C)(OC2OC(C)CC(N(C)C)C2O)CC(C)C(=O)C(C)C(O)C1(C)O. The highest BCUT2D eigenvalue weighted by Crippen LogP contribution is 2.43. The van der Waals surface area contributed by atoms with Gasteiger partial charge >= 0.3 is 11.9 Å². The standard InChI is InChI=1S/C46H82N2O16/c1-17-32-46(12,56)38(53)25(5)34(50)22(2)20-45(11,64-43-36(52)31(48(15)16)19-24(4)58-43)39(63-42-35(51)30(47(13)14)18-23(3)57-42)26(6)37(27(7)41(54)61-32)62-33-21-44(10,55)40(28(8)59-33)60-29(9)49/h22-28,30-33,35-40,42-43,51-53,55-56H,17-21H2,1-16H3. The molecule has 4 rings (SSSR count). The van der Waals surface area contributed by atoms with E-state index in [2.05, 4.69) is 0 Å². The van der Waals surface area contributed by atoms with Gasteiger partial charge in [-0.1, -0.05) is 27.7 Å². The molecule has 4 fully saturated rings. The average Bonchev–Trinajstić information content (AvgIpc) is 3.19. The summed E-state index contributed by atoms with van der Waals surface area (Å²) >= 11 is 0. The van der Waals surface area contributed by atoms with Gasteiger partial charge in [0.1, 0.15) is 35.3 Å². The van der Waals surface area contributed by atoms with Gasteiger partial charge in [-0.25, -0.2) is 0 Å².